The summed E-state index contributed by atoms with van der Waals surface area (Å²) in [6.07, 6.45) is -23.4. The molecule has 0 saturated heterocycles. The number of carbonyl (C=O) groups excluding carboxylic acids is 2. The van der Waals surface area contributed by atoms with Gasteiger partial charge in [-0.15, -0.1) is 0 Å². The molecule has 0 fully saturated rings. The van der Waals surface area contributed by atoms with E-state index in [9.17, 15) is 62.3 Å². The monoisotopic (exact) mass is 497 g/mol. The van der Waals surface area contributed by atoms with Crippen LogP contribution in [-0.4, -0.2) is 52.0 Å². The molecule has 0 rings (SSSR count). The summed E-state index contributed by atoms with van der Waals surface area (Å²) in [7, 11) is 0. The molecule has 0 aromatic rings. The molecule has 0 aromatic heterocycles. The Labute approximate surface area is 156 Å². The quantitative estimate of drug-likeness (QED) is 0.264. The first-order valence-corrected chi connectivity index (χ1v) is 5.28. The second-order valence-electron chi connectivity index (χ2n) is 3.78. The molecule has 18 heteroatoms. The molecule has 1 radical (unpaired) electrons. The van der Waals surface area contributed by atoms with Crippen molar-refractivity contribution in [1.82, 2.24) is 0 Å². The number of rotatable bonds is 2. The van der Waals surface area contributed by atoms with Crippen LogP contribution in [0.2, 0.25) is 0 Å². The SMILES string of the molecule is O.O=C(/C=C(\O)C(F)(F)F)C(F)(F)F.O=C(/C=C(\O)C(F)(F)F)C(F)(F)F.[Cu]. The van der Waals surface area contributed by atoms with Crippen LogP contribution in [0.1, 0.15) is 0 Å². The van der Waals surface area contributed by atoms with Crippen molar-refractivity contribution in [2.24, 2.45) is 0 Å². The molecule has 0 aliphatic rings. The van der Waals surface area contributed by atoms with Crippen molar-refractivity contribution in [3.05, 3.63) is 23.7 Å². The Hall–Kier alpha value is -1.94. The molecule has 0 bridgehead atoms. The minimum atomic E-state index is -5.42. The van der Waals surface area contributed by atoms with E-state index in [2.05, 4.69) is 0 Å². The van der Waals surface area contributed by atoms with Crippen LogP contribution in [0.25, 0.3) is 0 Å². The van der Waals surface area contributed by atoms with Crippen molar-refractivity contribution in [2.45, 2.75) is 24.7 Å². The summed E-state index contributed by atoms with van der Waals surface area (Å²) in [6.45, 7) is 0. The third-order valence-electron chi connectivity index (χ3n) is 1.68. The van der Waals surface area contributed by atoms with E-state index in [-0.39, 0.29) is 22.5 Å². The van der Waals surface area contributed by atoms with Gasteiger partial charge in [0, 0.05) is 29.2 Å². The van der Waals surface area contributed by atoms with Crippen LogP contribution in [-0.2, 0) is 26.7 Å². The Kier molecular flexibility index (Phi) is 13.4. The maximum absolute atomic E-state index is 11.4. The number of alkyl halides is 12. The minimum absolute atomic E-state index is 0. The van der Waals surface area contributed by atoms with Gasteiger partial charge in [-0.2, -0.15) is 52.7 Å². The molecule has 0 aromatic carbocycles. The van der Waals surface area contributed by atoms with E-state index in [0.29, 0.717) is 0 Å². The number of carbonyl (C=O) groups is 2. The van der Waals surface area contributed by atoms with Gasteiger partial charge in [0.15, 0.2) is 0 Å². The Morgan fingerprint density at radius 3 is 0.821 bits per heavy atom. The summed E-state index contributed by atoms with van der Waals surface area (Å²) < 4.78 is 136. The van der Waals surface area contributed by atoms with Gasteiger partial charge >= 0.3 is 24.7 Å². The van der Waals surface area contributed by atoms with Crippen molar-refractivity contribution in [2.75, 3.05) is 0 Å². The van der Waals surface area contributed by atoms with E-state index in [1.807, 2.05) is 0 Å². The topological polar surface area (TPSA) is 106 Å². The number of aliphatic hydroxyl groups is 2. The average molecular weight is 498 g/mol. The zero-order chi connectivity index (χ0) is 21.7. The van der Waals surface area contributed by atoms with Crippen molar-refractivity contribution >= 4 is 11.6 Å². The second-order valence-corrected chi connectivity index (χ2v) is 3.78. The van der Waals surface area contributed by atoms with Gasteiger partial charge in [0.25, 0.3) is 11.6 Å². The molecule has 0 amide bonds. The van der Waals surface area contributed by atoms with Crippen LogP contribution in [0, 0.1) is 0 Å². The van der Waals surface area contributed by atoms with Gasteiger partial charge < -0.3 is 15.7 Å². The van der Waals surface area contributed by atoms with E-state index in [4.69, 9.17) is 10.2 Å². The molecule has 0 aliphatic heterocycles. The predicted octanol–water partition coefficient (Wildman–Crippen LogP) is 3.42. The number of allylic oxidation sites excluding steroid dienone is 4. The predicted molar refractivity (Wildman–Crippen MR) is 59.3 cm³/mol. The Morgan fingerprint density at radius 2 is 0.714 bits per heavy atom. The summed E-state index contributed by atoms with van der Waals surface area (Å²) in [5.74, 6) is -10.7. The standard InChI is InChI=1S/2C5H2F6O2.Cu.H2O/c2*6-4(7,8)2(12)1-3(13)5(9,10)11;;/h2*1,12H;;1H2/b2*2-1-;;. The molecular formula is C10H6CuF12O5. The summed E-state index contributed by atoms with van der Waals surface area (Å²) >= 11 is 0. The van der Waals surface area contributed by atoms with Gasteiger partial charge in [0.05, 0.1) is 0 Å². The fourth-order valence-electron chi connectivity index (χ4n) is 0.576. The van der Waals surface area contributed by atoms with Crippen LogP contribution < -0.4 is 0 Å². The van der Waals surface area contributed by atoms with Crippen molar-refractivity contribution in [3.8, 4) is 0 Å². The van der Waals surface area contributed by atoms with Gasteiger partial charge in [0.2, 0.25) is 11.5 Å². The molecule has 0 atom stereocenters. The van der Waals surface area contributed by atoms with E-state index in [1.165, 1.54) is 0 Å². The summed E-state index contributed by atoms with van der Waals surface area (Å²) in [5.41, 5.74) is 0. The fraction of sp³-hybridized carbons (Fsp3) is 0.400. The van der Waals surface area contributed by atoms with Crippen LogP contribution in [0.5, 0.6) is 0 Å². The molecule has 0 saturated carbocycles. The number of aliphatic hydroxyl groups excluding tert-OH is 2. The molecule has 171 valence electrons. The zero-order valence-electron chi connectivity index (χ0n) is 12.2. The largest absolute Gasteiger partial charge is 0.504 e. The van der Waals surface area contributed by atoms with Crippen molar-refractivity contribution in [3.63, 3.8) is 0 Å². The molecule has 28 heavy (non-hydrogen) atoms. The smallest absolute Gasteiger partial charge is 0.454 e. The first-order valence-electron chi connectivity index (χ1n) is 5.28. The molecule has 0 aliphatic carbocycles. The number of ketones is 2. The fourth-order valence-corrected chi connectivity index (χ4v) is 0.576. The van der Waals surface area contributed by atoms with E-state index < -0.39 is 59.9 Å². The molecule has 5 nitrogen and oxygen atoms in total. The Morgan fingerprint density at radius 1 is 0.536 bits per heavy atom. The van der Waals surface area contributed by atoms with Crippen LogP contribution in [0.15, 0.2) is 23.7 Å². The summed E-state index contributed by atoms with van der Waals surface area (Å²) in [4.78, 5) is 19.7. The Bertz CT molecular complexity index is 530. The number of hydrogen-bond donors (Lipinski definition) is 2. The third kappa shape index (κ3) is 14.2. The zero-order valence-corrected chi connectivity index (χ0v) is 13.1. The van der Waals surface area contributed by atoms with E-state index >= 15 is 0 Å². The molecule has 0 spiro atoms. The van der Waals surface area contributed by atoms with Crippen molar-refractivity contribution < 1.29 is 95.0 Å². The van der Waals surface area contributed by atoms with Crippen LogP contribution in [0.3, 0.4) is 0 Å². The van der Waals surface area contributed by atoms with Gasteiger partial charge in [-0.05, 0) is 0 Å². The molecule has 0 heterocycles. The van der Waals surface area contributed by atoms with Gasteiger partial charge in [-0.1, -0.05) is 0 Å². The minimum Gasteiger partial charge on any atom is -0.504 e. The third-order valence-corrected chi connectivity index (χ3v) is 1.68. The maximum atomic E-state index is 11.4. The normalized spacial score (nSPS) is 13.4. The first kappa shape index (κ1) is 33.6. The second kappa shape index (κ2) is 11.2. The first-order chi connectivity index (χ1) is 11.1. The molecule has 0 unspecified atom stereocenters. The van der Waals surface area contributed by atoms with Gasteiger partial charge in [0.1, 0.15) is 0 Å². The van der Waals surface area contributed by atoms with Crippen molar-refractivity contribution in [1.29, 1.82) is 0 Å². The van der Waals surface area contributed by atoms with Gasteiger partial charge in [-0.3, -0.25) is 9.59 Å². The van der Waals surface area contributed by atoms with Crippen LogP contribution in [0.4, 0.5) is 52.7 Å². The summed E-state index contributed by atoms with van der Waals surface area (Å²) in [6, 6.07) is 0. The number of hydrogen-bond acceptors (Lipinski definition) is 4. The van der Waals surface area contributed by atoms with E-state index in [1.54, 1.807) is 0 Å². The Balaban J connectivity index is -0.000000192. The number of halogens is 12. The van der Waals surface area contributed by atoms with Crippen LogP contribution >= 0.6 is 0 Å². The van der Waals surface area contributed by atoms with E-state index in [0.717, 1.165) is 0 Å². The maximum Gasteiger partial charge on any atom is 0.454 e. The summed E-state index contributed by atoms with van der Waals surface area (Å²) in [5, 5.41) is 15.9. The average Bonchev–Trinajstić information content (AvgIpc) is 2.34. The molecular weight excluding hydrogens is 492 g/mol. The molecule has 4 N–H and O–H groups in total. The van der Waals surface area contributed by atoms with Gasteiger partial charge in [-0.25, -0.2) is 0 Å².